The molecule has 1 heterocycles. The number of benzene rings is 2. The van der Waals surface area contributed by atoms with Crippen LogP contribution in [0, 0.1) is 17.1 Å². The zero-order valence-electron chi connectivity index (χ0n) is 13.4. The van der Waals surface area contributed by atoms with Gasteiger partial charge in [0.2, 0.25) is 0 Å². The SMILES string of the molecule is N#Cc1cc(F)cc(C(=O)N2CCC(Oc3ccccc3Cl)CC2)c1. The van der Waals surface area contributed by atoms with Crippen LogP contribution in [0.4, 0.5) is 4.39 Å². The fourth-order valence-electron chi connectivity index (χ4n) is 2.86. The average Bonchev–Trinajstić information content (AvgIpc) is 2.63. The molecule has 1 aliphatic heterocycles. The van der Waals surface area contributed by atoms with Crippen molar-refractivity contribution in [2.45, 2.75) is 18.9 Å². The quantitative estimate of drug-likeness (QED) is 0.832. The van der Waals surface area contributed by atoms with Gasteiger partial charge in [0.05, 0.1) is 16.7 Å². The van der Waals surface area contributed by atoms with Crippen LogP contribution in [0.15, 0.2) is 42.5 Å². The lowest BCUT2D eigenvalue weighted by Crippen LogP contribution is -2.41. The van der Waals surface area contributed by atoms with Crippen LogP contribution in [0.5, 0.6) is 5.75 Å². The molecule has 0 spiro atoms. The summed E-state index contributed by atoms with van der Waals surface area (Å²) in [5, 5.41) is 9.47. The van der Waals surface area contributed by atoms with Crippen molar-refractivity contribution in [1.29, 1.82) is 5.26 Å². The summed E-state index contributed by atoms with van der Waals surface area (Å²) in [6.45, 7) is 1.01. The first-order chi connectivity index (χ1) is 12.1. The highest BCUT2D eigenvalue weighted by atomic mass is 35.5. The van der Waals surface area contributed by atoms with Crippen LogP contribution in [0.25, 0.3) is 0 Å². The lowest BCUT2D eigenvalue weighted by Gasteiger charge is -2.32. The van der Waals surface area contributed by atoms with E-state index in [1.165, 1.54) is 6.07 Å². The first kappa shape index (κ1) is 17.2. The Morgan fingerprint density at radius 1 is 1.24 bits per heavy atom. The van der Waals surface area contributed by atoms with E-state index in [4.69, 9.17) is 21.6 Å². The van der Waals surface area contributed by atoms with Crippen molar-refractivity contribution in [2.75, 3.05) is 13.1 Å². The Bertz CT molecular complexity index is 826. The summed E-state index contributed by atoms with van der Waals surface area (Å²) in [4.78, 5) is 14.2. The number of likely N-dealkylation sites (tertiary alicyclic amines) is 1. The zero-order valence-corrected chi connectivity index (χ0v) is 14.2. The number of piperidine rings is 1. The van der Waals surface area contributed by atoms with Crippen LogP contribution in [-0.4, -0.2) is 30.0 Å². The normalized spacial score (nSPS) is 14.8. The number of rotatable bonds is 3. The highest BCUT2D eigenvalue weighted by Gasteiger charge is 2.25. The molecule has 0 unspecified atom stereocenters. The maximum absolute atomic E-state index is 13.5. The topological polar surface area (TPSA) is 53.3 Å². The van der Waals surface area contributed by atoms with Gasteiger partial charge in [0, 0.05) is 31.5 Å². The number of ether oxygens (including phenoxy) is 1. The molecule has 0 bridgehead atoms. The van der Waals surface area contributed by atoms with Gasteiger partial charge in [0.25, 0.3) is 5.91 Å². The molecular weight excluding hydrogens is 343 g/mol. The molecule has 0 atom stereocenters. The van der Waals surface area contributed by atoms with Crippen molar-refractivity contribution in [3.63, 3.8) is 0 Å². The van der Waals surface area contributed by atoms with E-state index in [0.717, 1.165) is 12.1 Å². The number of nitrogens with zero attached hydrogens (tertiary/aromatic N) is 2. The molecule has 3 rings (SSSR count). The number of amides is 1. The van der Waals surface area contributed by atoms with Gasteiger partial charge in [-0.15, -0.1) is 0 Å². The van der Waals surface area contributed by atoms with E-state index in [9.17, 15) is 9.18 Å². The molecule has 0 saturated carbocycles. The average molecular weight is 359 g/mol. The fourth-order valence-corrected chi connectivity index (χ4v) is 3.04. The fraction of sp³-hybridized carbons (Fsp3) is 0.263. The number of hydrogen-bond acceptors (Lipinski definition) is 3. The van der Waals surface area contributed by atoms with E-state index in [1.54, 1.807) is 11.0 Å². The van der Waals surface area contributed by atoms with Crippen molar-refractivity contribution < 1.29 is 13.9 Å². The predicted molar refractivity (Wildman–Crippen MR) is 92.1 cm³/mol. The smallest absolute Gasteiger partial charge is 0.254 e. The van der Waals surface area contributed by atoms with Crippen LogP contribution in [0.1, 0.15) is 28.8 Å². The van der Waals surface area contributed by atoms with Gasteiger partial charge >= 0.3 is 0 Å². The number of para-hydroxylation sites is 1. The molecule has 0 radical (unpaired) electrons. The highest BCUT2D eigenvalue weighted by Crippen LogP contribution is 2.27. The Hall–Kier alpha value is -2.58. The Morgan fingerprint density at radius 2 is 1.96 bits per heavy atom. The molecule has 1 saturated heterocycles. The molecule has 25 heavy (non-hydrogen) atoms. The number of halogens is 2. The third-order valence-electron chi connectivity index (χ3n) is 4.13. The molecule has 1 fully saturated rings. The van der Waals surface area contributed by atoms with Gasteiger partial charge in [-0.05, 0) is 30.3 Å². The molecule has 128 valence electrons. The summed E-state index contributed by atoms with van der Waals surface area (Å²) in [7, 11) is 0. The maximum atomic E-state index is 13.5. The Labute approximate surface area is 150 Å². The summed E-state index contributed by atoms with van der Waals surface area (Å²) in [5.74, 6) is -0.218. The van der Waals surface area contributed by atoms with E-state index in [1.807, 2.05) is 24.3 Å². The third kappa shape index (κ3) is 4.09. The van der Waals surface area contributed by atoms with E-state index >= 15 is 0 Å². The van der Waals surface area contributed by atoms with Gasteiger partial charge in [-0.2, -0.15) is 5.26 Å². The first-order valence-electron chi connectivity index (χ1n) is 7.98. The second kappa shape index (κ2) is 7.54. The molecule has 1 aliphatic rings. The van der Waals surface area contributed by atoms with E-state index < -0.39 is 5.82 Å². The van der Waals surface area contributed by atoms with Crippen LogP contribution in [0.3, 0.4) is 0 Å². The van der Waals surface area contributed by atoms with Crippen molar-refractivity contribution >= 4 is 17.5 Å². The van der Waals surface area contributed by atoms with Crippen molar-refractivity contribution in [3.8, 4) is 11.8 Å². The maximum Gasteiger partial charge on any atom is 0.254 e. The summed E-state index contributed by atoms with van der Waals surface area (Å²) >= 11 is 6.09. The number of carbonyl (C=O) groups excluding carboxylic acids is 1. The largest absolute Gasteiger partial charge is 0.489 e. The molecule has 0 aliphatic carbocycles. The van der Waals surface area contributed by atoms with Crippen LogP contribution in [0.2, 0.25) is 5.02 Å². The van der Waals surface area contributed by atoms with Gasteiger partial charge < -0.3 is 9.64 Å². The second-order valence-corrected chi connectivity index (χ2v) is 6.29. The lowest BCUT2D eigenvalue weighted by molar-refractivity contribution is 0.0595. The summed E-state index contributed by atoms with van der Waals surface area (Å²) in [5.41, 5.74) is 0.335. The Morgan fingerprint density at radius 3 is 2.64 bits per heavy atom. The number of hydrogen-bond donors (Lipinski definition) is 0. The third-order valence-corrected chi connectivity index (χ3v) is 4.45. The molecule has 2 aromatic rings. The van der Waals surface area contributed by atoms with Crippen molar-refractivity contribution in [1.82, 2.24) is 4.90 Å². The van der Waals surface area contributed by atoms with Crippen LogP contribution in [-0.2, 0) is 0 Å². The van der Waals surface area contributed by atoms with Gasteiger partial charge in [-0.1, -0.05) is 23.7 Å². The molecule has 0 aromatic heterocycles. The van der Waals surface area contributed by atoms with E-state index in [2.05, 4.69) is 0 Å². The van der Waals surface area contributed by atoms with Crippen LogP contribution < -0.4 is 4.74 Å². The zero-order chi connectivity index (χ0) is 17.8. The lowest BCUT2D eigenvalue weighted by atomic mass is 10.0. The number of carbonyl (C=O) groups is 1. The molecule has 2 aromatic carbocycles. The van der Waals surface area contributed by atoms with E-state index in [-0.39, 0.29) is 23.1 Å². The second-order valence-electron chi connectivity index (χ2n) is 5.88. The minimum Gasteiger partial charge on any atom is -0.489 e. The molecule has 0 N–H and O–H groups in total. The van der Waals surface area contributed by atoms with Crippen molar-refractivity contribution in [3.05, 3.63) is 64.4 Å². The standard InChI is InChI=1S/C19H16ClFN2O2/c20-17-3-1-2-4-18(17)25-16-5-7-23(8-6-16)19(24)14-9-13(12-22)10-15(21)11-14/h1-4,9-11,16H,5-8H2. The molecule has 6 heteroatoms. The Balaban J connectivity index is 1.62. The first-order valence-corrected chi connectivity index (χ1v) is 8.36. The molecule has 1 amide bonds. The minimum atomic E-state index is -0.584. The van der Waals surface area contributed by atoms with Gasteiger partial charge in [-0.25, -0.2) is 4.39 Å². The van der Waals surface area contributed by atoms with Gasteiger partial charge in [0.1, 0.15) is 17.7 Å². The molecule has 4 nitrogen and oxygen atoms in total. The summed E-state index contributed by atoms with van der Waals surface area (Å²) in [6, 6.07) is 12.8. The monoisotopic (exact) mass is 358 g/mol. The summed E-state index contributed by atoms with van der Waals surface area (Å²) < 4.78 is 19.4. The van der Waals surface area contributed by atoms with E-state index in [0.29, 0.717) is 36.7 Å². The summed E-state index contributed by atoms with van der Waals surface area (Å²) in [6.07, 6.45) is 1.31. The Kier molecular flexibility index (Phi) is 5.20. The van der Waals surface area contributed by atoms with Crippen molar-refractivity contribution in [2.24, 2.45) is 0 Å². The molecular formula is C19H16ClFN2O2. The van der Waals surface area contributed by atoms with Gasteiger partial charge in [-0.3, -0.25) is 4.79 Å². The van der Waals surface area contributed by atoms with Crippen LogP contribution >= 0.6 is 11.6 Å². The number of nitriles is 1. The predicted octanol–water partition coefficient (Wildman–Crippen LogP) is 4.03. The van der Waals surface area contributed by atoms with Gasteiger partial charge in [0.15, 0.2) is 0 Å². The minimum absolute atomic E-state index is 0.0221. The highest BCUT2D eigenvalue weighted by molar-refractivity contribution is 6.32.